The van der Waals surface area contributed by atoms with Crippen LogP contribution in [0.4, 0.5) is 5.69 Å². The van der Waals surface area contributed by atoms with Gasteiger partial charge in [-0.25, -0.2) is 0 Å². The van der Waals surface area contributed by atoms with E-state index in [2.05, 4.69) is 10.6 Å². The van der Waals surface area contributed by atoms with Crippen LogP contribution in [-0.2, 0) is 9.53 Å². The van der Waals surface area contributed by atoms with Crippen LogP contribution in [0, 0.1) is 0 Å². The Morgan fingerprint density at radius 3 is 2.75 bits per heavy atom. The average molecular weight is 280 g/mol. The monoisotopic (exact) mass is 280 g/mol. The van der Waals surface area contributed by atoms with E-state index in [0.29, 0.717) is 26.4 Å². The SMILES string of the molecule is CCCNC(=O)CNc1ccccc1OCCOCC. The zero-order valence-corrected chi connectivity index (χ0v) is 12.3. The molecule has 0 unspecified atom stereocenters. The van der Waals surface area contributed by atoms with E-state index in [-0.39, 0.29) is 12.5 Å². The average Bonchev–Trinajstić information content (AvgIpc) is 2.48. The summed E-state index contributed by atoms with van der Waals surface area (Å²) in [6.45, 7) is 6.65. The summed E-state index contributed by atoms with van der Waals surface area (Å²) in [7, 11) is 0. The highest BCUT2D eigenvalue weighted by molar-refractivity contribution is 5.81. The van der Waals surface area contributed by atoms with Crippen molar-refractivity contribution in [2.45, 2.75) is 20.3 Å². The smallest absolute Gasteiger partial charge is 0.239 e. The Labute approximate surface area is 120 Å². The van der Waals surface area contributed by atoms with Crippen LogP contribution in [0.2, 0.25) is 0 Å². The third kappa shape index (κ3) is 6.43. The van der Waals surface area contributed by atoms with Crippen LogP contribution in [0.15, 0.2) is 24.3 Å². The first-order valence-corrected chi connectivity index (χ1v) is 7.08. The number of carbonyl (C=O) groups excluding carboxylic acids is 1. The molecule has 20 heavy (non-hydrogen) atoms. The highest BCUT2D eigenvalue weighted by Crippen LogP contribution is 2.23. The van der Waals surface area contributed by atoms with E-state index in [1.807, 2.05) is 38.1 Å². The van der Waals surface area contributed by atoms with Crippen molar-refractivity contribution in [3.63, 3.8) is 0 Å². The van der Waals surface area contributed by atoms with Gasteiger partial charge in [-0.3, -0.25) is 4.79 Å². The number of amides is 1. The molecule has 2 N–H and O–H groups in total. The molecule has 0 heterocycles. The van der Waals surface area contributed by atoms with Gasteiger partial charge in [0.2, 0.25) is 5.91 Å². The molecule has 0 aliphatic carbocycles. The lowest BCUT2D eigenvalue weighted by molar-refractivity contribution is -0.119. The summed E-state index contributed by atoms with van der Waals surface area (Å²) < 4.78 is 10.9. The molecule has 1 rings (SSSR count). The minimum atomic E-state index is -0.0176. The molecule has 0 saturated heterocycles. The van der Waals surface area contributed by atoms with Gasteiger partial charge in [0, 0.05) is 13.2 Å². The number of anilines is 1. The molecule has 1 aromatic carbocycles. The summed E-state index contributed by atoms with van der Waals surface area (Å²) in [5, 5.41) is 5.90. The number of hydrogen-bond donors (Lipinski definition) is 2. The zero-order valence-electron chi connectivity index (χ0n) is 12.3. The molecule has 0 saturated carbocycles. The first kappa shape index (κ1) is 16.3. The van der Waals surface area contributed by atoms with Crippen LogP contribution in [0.1, 0.15) is 20.3 Å². The maximum absolute atomic E-state index is 11.6. The summed E-state index contributed by atoms with van der Waals surface area (Å²) in [6.07, 6.45) is 0.933. The Morgan fingerprint density at radius 2 is 2.00 bits per heavy atom. The molecule has 0 aromatic heterocycles. The number of ether oxygens (including phenoxy) is 2. The Morgan fingerprint density at radius 1 is 1.20 bits per heavy atom. The first-order valence-electron chi connectivity index (χ1n) is 7.08. The summed E-state index contributed by atoms with van der Waals surface area (Å²) in [5.41, 5.74) is 0.815. The molecule has 0 fully saturated rings. The Hall–Kier alpha value is -1.75. The van der Waals surface area contributed by atoms with Gasteiger partial charge in [-0.2, -0.15) is 0 Å². The molecule has 0 aliphatic heterocycles. The van der Waals surface area contributed by atoms with Crippen LogP contribution >= 0.6 is 0 Å². The Kier molecular flexibility index (Phi) is 8.22. The quantitative estimate of drug-likeness (QED) is 0.644. The van der Waals surface area contributed by atoms with Crippen molar-refractivity contribution in [1.82, 2.24) is 5.32 Å². The lowest BCUT2D eigenvalue weighted by Crippen LogP contribution is -2.30. The summed E-state index contributed by atoms with van der Waals surface area (Å²) in [4.78, 5) is 11.6. The number of nitrogens with one attached hydrogen (secondary N) is 2. The molecule has 0 aliphatic rings. The van der Waals surface area contributed by atoms with Gasteiger partial charge >= 0.3 is 0 Å². The van der Waals surface area contributed by atoms with Crippen LogP contribution < -0.4 is 15.4 Å². The number of rotatable bonds is 10. The molecule has 1 aromatic rings. The van der Waals surface area contributed by atoms with E-state index in [9.17, 15) is 4.79 Å². The van der Waals surface area contributed by atoms with Crippen molar-refractivity contribution in [1.29, 1.82) is 0 Å². The van der Waals surface area contributed by atoms with E-state index < -0.39 is 0 Å². The van der Waals surface area contributed by atoms with Crippen LogP contribution in [-0.4, -0.2) is 38.8 Å². The highest BCUT2D eigenvalue weighted by Gasteiger charge is 2.05. The van der Waals surface area contributed by atoms with Gasteiger partial charge in [-0.05, 0) is 25.5 Å². The van der Waals surface area contributed by atoms with Crippen molar-refractivity contribution >= 4 is 11.6 Å². The predicted octanol–water partition coefficient (Wildman–Crippen LogP) is 2.04. The highest BCUT2D eigenvalue weighted by atomic mass is 16.5. The van der Waals surface area contributed by atoms with Crippen molar-refractivity contribution in [2.75, 3.05) is 38.2 Å². The van der Waals surface area contributed by atoms with Gasteiger partial charge in [0.15, 0.2) is 0 Å². The van der Waals surface area contributed by atoms with Gasteiger partial charge in [0.1, 0.15) is 12.4 Å². The lowest BCUT2D eigenvalue weighted by Gasteiger charge is -2.13. The minimum absolute atomic E-state index is 0.0176. The second-order valence-electron chi connectivity index (χ2n) is 4.25. The minimum Gasteiger partial charge on any atom is -0.489 e. The van der Waals surface area contributed by atoms with Gasteiger partial charge < -0.3 is 20.1 Å². The molecular formula is C15H24N2O3. The van der Waals surface area contributed by atoms with Crippen molar-refractivity contribution < 1.29 is 14.3 Å². The molecule has 0 bridgehead atoms. The van der Waals surface area contributed by atoms with Gasteiger partial charge in [0.25, 0.3) is 0 Å². The van der Waals surface area contributed by atoms with E-state index in [1.54, 1.807) is 0 Å². The van der Waals surface area contributed by atoms with E-state index >= 15 is 0 Å². The molecule has 5 nitrogen and oxygen atoms in total. The Balaban J connectivity index is 2.42. The third-order valence-corrected chi connectivity index (χ3v) is 2.59. The van der Waals surface area contributed by atoms with Crippen molar-refractivity contribution in [3.8, 4) is 5.75 Å². The summed E-state index contributed by atoms with van der Waals surface area (Å²) in [5.74, 6) is 0.714. The topological polar surface area (TPSA) is 59.6 Å². The predicted molar refractivity (Wildman–Crippen MR) is 80.2 cm³/mol. The molecule has 0 radical (unpaired) electrons. The van der Waals surface area contributed by atoms with E-state index in [4.69, 9.17) is 9.47 Å². The summed E-state index contributed by atoms with van der Waals surface area (Å²) in [6, 6.07) is 7.57. The molecular weight excluding hydrogens is 256 g/mol. The van der Waals surface area contributed by atoms with Gasteiger partial charge in [0.05, 0.1) is 18.8 Å². The first-order chi connectivity index (χ1) is 9.77. The van der Waals surface area contributed by atoms with Crippen molar-refractivity contribution in [2.24, 2.45) is 0 Å². The van der Waals surface area contributed by atoms with Crippen LogP contribution in [0.5, 0.6) is 5.75 Å². The zero-order chi connectivity index (χ0) is 14.6. The van der Waals surface area contributed by atoms with Crippen LogP contribution in [0.3, 0.4) is 0 Å². The molecule has 0 atom stereocenters. The number of benzene rings is 1. The van der Waals surface area contributed by atoms with Crippen molar-refractivity contribution in [3.05, 3.63) is 24.3 Å². The van der Waals surface area contributed by atoms with Gasteiger partial charge in [-0.15, -0.1) is 0 Å². The normalized spacial score (nSPS) is 10.1. The number of hydrogen-bond acceptors (Lipinski definition) is 4. The molecule has 5 heteroatoms. The maximum Gasteiger partial charge on any atom is 0.239 e. The second kappa shape index (κ2) is 10.1. The second-order valence-corrected chi connectivity index (χ2v) is 4.25. The van der Waals surface area contributed by atoms with E-state index in [1.165, 1.54) is 0 Å². The fraction of sp³-hybridized carbons (Fsp3) is 0.533. The third-order valence-electron chi connectivity index (χ3n) is 2.59. The summed E-state index contributed by atoms with van der Waals surface area (Å²) >= 11 is 0. The van der Waals surface area contributed by atoms with Crippen LogP contribution in [0.25, 0.3) is 0 Å². The fourth-order valence-corrected chi connectivity index (χ4v) is 1.60. The van der Waals surface area contributed by atoms with E-state index in [0.717, 1.165) is 17.9 Å². The largest absolute Gasteiger partial charge is 0.489 e. The fourth-order valence-electron chi connectivity index (χ4n) is 1.60. The standard InChI is InChI=1S/C15H24N2O3/c1-3-9-16-15(18)12-17-13-7-5-6-8-14(13)20-11-10-19-4-2/h5-8,17H,3-4,9-12H2,1-2H3,(H,16,18). The number of carbonyl (C=O) groups is 1. The number of para-hydroxylation sites is 2. The molecule has 0 spiro atoms. The molecule has 112 valence electrons. The molecule has 1 amide bonds. The Bertz CT molecular complexity index is 396. The lowest BCUT2D eigenvalue weighted by atomic mass is 10.3. The van der Waals surface area contributed by atoms with Gasteiger partial charge in [-0.1, -0.05) is 19.1 Å². The maximum atomic E-state index is 11.6.